The number of alkyl halides is 31. The molecule has 0 aliphatic rings. The van der Waals surface area contributed by atoms with Crippen LogP contribution in [0.25, 0.3) is 0 Å². The summed E-state index contributed by atoms with van der Waals surface area (Å²) in [6.45, 7) is -2.19. The van der Waals surface area contributed by atoms with Crippen molar-refractivity contribution in [3.8, 4) is 0 Å². The summed E-state index contributed by atoms with van der Waals surface area (Å²) in [7, 11) is 0. The van der Waals surface area contributed by atoms with Crippen molar-refractivity contribution in [2.45, 2.75) is 116 Å². The van der Waals surface area contributed by atoms with Crippen molar-refractivity contribution < 1.29 is 141 Å². The van der Waals surface area contributed by atoms with Crippen molar-refractivity contribution in [2.24, 2.45) is 0 Å². The molecule has 0 aliphatic carbocycles. The molecule has 0 fully saturated rings. The van der Waals surface area contributed by atoms with Crippen LogP contribution in [-0.4, -0.2) is 90.2 Å². The minimum atomic E-state index is -8.40. The molecule has 1 rings (SSSR count). The molecule has 4 atom stereocenters. The second-order valence-corrected chi connectivity index (χ2v) is 11.6. The third-order valence-electron chi connectivity index (χ3n) is 7.61. The van der Waals surface area contributed by atoms with E-state index in [0.29, 0.717) is 0 Å². The highest BCUT2D eigenvalue weighted by molar-refractivity contribution is 5.33. The Balaban J connectivity index is 3.65. The van der Waals surface area contributed by atoms with Gasteiger partial charge in [0.05, 0.1) is 0 Å². The van der Waals surface area contributed by atoms with Crippen LogP contribution in [0, 0.1) is 0 Å². The Kier molecular flexibility index (Phi) is 12.8. The van der Waals surface area contributed by atoms with Gasteiger partial charge in [0.15, 0.2) is 5.67 Å². The zero-order valence-electron chi connectivity index (χ0n) is 26.2. The molecule has 0 saturated heterocycles. The van der Waals surface area contributed by atoms with Gasteiger partial charge in [-0.3, -0.25) is 4.74 Å². The van der Waals surface area contributed by atoms with Crippen molar-refractivity contribution in [1.82, 2.24) is 0 Å². The minimum absolute atomic E-state index is 0.908. The SMILES string of the molecule is CC(F)(F)C(F)(F)C(F)(F)C(F)(F)C(F)(F)C(F)(F)c1ccc(C(C)(F)C(F)(F)C(F)C(F)C(F)(F)C(F)(F)C(F)(F)C(F)OC(F)(C(F)(F)F)C(F)(F)F)cc1. The molecule has 57 heavy (non-hydrogen) atoms. The van der Waals surface area contributed by atoms with Gasteiger partial charge in [-0.15, -0.1) is 0 Å². The lowest BCUT2D eigenvalue weighted by Crippen LogP contribution is -2.69. The zero-order chi connectivity index (χ0) is 46.4. The van der Waals surface area contributed by atoms with Crippen molar-refractivity contribution in [3.05, 3.63) is 35.4 Å². The van der Waals surface area contributed by atoms with Crippen LogP contribution in [0.1, 0.15) is 25.0 Å². The smallest absolute Gasteiger partial charge is 0.291 e. The fourth-order valence-electron chi connectivity index (χ4n) is 3.91. The molecular formula is C25H13F31O. The van der Waals surface area contributed by atoms with Crippen LogP contribution < -0.4 is 0 Å². The van der Waals surface area contributed by atoms with Crippen LogP contribution in [0.2, 0.25) is 0 Å². The molecule has 0 aromatic heterocycles. The summed E-state index contributed by atoms with van der Waals surface area (Å²) >= 11 is 0. The predicted octanol–water partition coefficient (Wildman–Crippen LogP) is 12.5. The molecule has 0 aliphatic heterocycles. The van der Waals surface area contributed by atoms with E-state index in [1.165, 1.54) is 4.74 Å². The summed E-state index contributed by atoms with van der Waals surface area (Å²) in [5, 5.41) is 0. The van der Waals surface area contributed by atoms with E-state index in [2.05, 4.69) is 0 Å². The van der Waals surface area contributed by atoms with E-state index in [1.807, 2.05) is 0 Å². The summed E-state index contributed by atoms with van der Waals surface area (Å²) in [4.78, 5) is 0. The van der Waals surface area contributed by atoms with Gasteiger partial charge in [-0.05, 0) is 12.5 Å². The largest absolute Gasteiger partial charge is 0.458 e. The Bertz CT molecular complexity index is 1530. The molecule has 0 spiro atoms. The average Bonchev–Trinajstić information content (AvgIpc) is 3.01. The molecule has 1 nitrogen and oxygen atoms in total. The van der Waals surface area contributed by atoms with E-state index in [0.717, 1.165) is 0 Å². The highest BCUT2D eigenvalue weighted by Crippen LogP contribution is 2.62. The van der Waals surface area contributed by atoms with Gasteiger partial charge in [-0.1, -0.05) is 24.3 Å². The minimum Gasteiger partial charge on any atom is -0.291 e. The van der Waals surface area contributed by atoms with Gasteiger partial charge in [-0.25, -0.2) is 17.6 Å². The maximum atomic E-state index is 15.1. The van der Waals surface area contributed by atoms with E-state index in [1.54, 1.807) is 0 Å². The van der Waals surface area contributed by atoms with Crippen molar-refractivity contribution in [3.63, 3.8) is 0 Å². The van der Waals surface area contributed by atoms with Crippen molar-refractivity contribution in [2.75, 3.05) is 0 Å². The summed E-state index contributed by atoms with van der Waals surface area (Å²) in [5.74, 6) is -84.6. The first kappa shape index (κ1) is 52.0. The highest BCUT2D eigenvalue weighted by Gasteiger charge is 2.90. The number of benzene rings is 1. The maximum absolute atomic E-state index is 15.1. The third-order valence-corrected chi connectivity index (χ3v) is 7.61. The van der Waals surface area contributed by atoms with Gasteiger partial charge in [-0.2, -0.15) is 119 Å². The number of halogens is 31. The van der Waals surface area contributed by atoms with E-state index >= 15 is 4.39 Å². The molecule has 1 aromatic rings. The lowest BCUT2D eigenvalue weighted by Gasteiger charge is -2.41. The fraction of sp³-hybridized carbons (Fsp3) is 0.760. The second-order valence-electron chi connectivity index (χ2n) is 11.6. The van der Waals surface area contributed by atoms with Gasteiger partial charge in [0.2, 0.25) is 12.3 Å². The fourth-order valence-corrected chi connectivity index (χ4v) is 3.91. The van der Waals surface area contributed by atoms with Crippen LogP contribution in [-0.2, 0) is 16.3 Å². The number of rotatable bonds is 16. The molecule has 0 amide bonds. The van der Waals surface area contributed by atoms with Gasteiger partial charge < -0.3 is 0 Å². The Labute approximate surface area is 293 Å². The van der Waals surface area contributed by atoms with Gasteiger partial charge in [0, 0.05) is 12.5 Å². The Hall–Kier alpha value is -2.99. The Morgan fingerprint density at radius 3 is 1.04 bits per heavy atom. The maximum Gasteiger partial charge on any atom is 0.458 e. The second kappa shape index (κ2) is 14.1. The molecule has 4 unspecified atom stereocenters. The number of ether oxygens (including phenoxy) is 1. The quantitative estimate of drug-likeness (QED) is 0.150. The van der Waals surface area contributed by atoms with E-state index in [-0.39, 0.29) is 0 Å². The number of hydrogen-bond donors (Lipinski definition) is 0. The zero-order valence-corrected chi connectivity index (χ0v) is 26.2. The standard InChI is InChI=1S/C25H13F31O/c1-12(29,7-3-5-8(6-4-7)14(32,33)20(44,45)22(48,49)21(46,47)18(40,41)13(2,30)31)15(34,35)9(26)10(27)16(36,37)19(42,43)17(38,39)11(28)57-23(50,24(51,52)53)25(54,55)56/h3-6,9-11H,1-2H3. The van der Waals surface area contributed by atoms with Crippen molar-refractivity contribution in [1.29, 1.82) is 0 Å². The van der Waals surface area contributed by atoms with Crippen LogP contribution in [0.5, 0.6) is 0 Å². The summed E-state index contributed by atoms with van der Waals surface area (Å²) in [6, 6.07) is -3.94. The Morgan fingerprint density at radius 2 is 0.702 bits per heavy atom. The lowest BCUT2D eigenvalue weighted by atomic mass is 9.83. The molecule has 0 bridgehead atoms. The van der Waals surface area contributed by atoms with Crippen molar-refractivity contribution >= 4 is 0 Å². The molecule has 1 aromatic carbocycles. The molecule has 0 radical (unpaired) electrons. The van der Waals surface area contributed by atoms with E-state index in [4.69, 9.17) is 0 Å². The normalized spacial score (nSPS) is 18.6. The summed E-state index contributed by atoms with van der Waals surface area (Å²) in [6.07, 6.45) is -34.8. The summed E-state index contributed by atoms with van der Waals surface area (Å²) < 4.78 is 425. The predicted molar refractivity (Wildman–Crippen MR) is 121 cm³/mol. The molecule has 0 heterocycles. The Morgan fingerprint density at radius 1 is 0.386 bits per heavy atom. The van der Waals surface area contributed by atoms with Gasteiger partial charge in [0.1, 0.15) is 0 Å². The molecular weight excluding hydrogens is 905 g/mol. The van der Waals surface area contributed by atoms with Crippen LogP contribution in [0.4, 0.5) is 136 Å². The first-order chi connectivity index (χ1) is 24.4. The molecule has 336 valence electrons. The van der Waals surface area contributed by atoms with Crippen LogP contribution in [0.3, 0.4) is 0 Å². The van der Waals surface area contributed by atoms with Crippen LogP contribution >= 0.6 is 0 Å². The third kappa shape index (κ3) is 7.46. The van der Waals surface area contributed by atoms with Crippen LogP contribution in [0.15, 0.2) is 24.3 Å². The average molecular weight is 918 g/mol. The monoisotopic (exact) mass is 918 g/mol. The molecule has 0 saturated carbocycles. The first-order valence-electron chi connectivity index (χ1n) is 13.4. The van der Waals surface area contributed by atoms with Gasteiger partial charge in [0.25, 0.3) is 6.36 Å². The first-order valence-corrected chi connectivity index (χ1v) is 13.4. The summed E-state index contributed by atoms with van der Waals surface area (Å²) in [5.41, 5.74) is -10.9. The number of hydrogen-bond acceptors (Lipinski definition) is 1. The highest BCUT2D eigenvalue weighted by atomic mass is 19.4. The van der Waals surface area contributed by atoms with E-state index in [9.17, 15) is 132 Å². The molecule has 32 heteroatoms. The van der Waals surface area contributed by atoms with Gasteiger partial charge >= 0.3 is 77.4 Å². The lowest BCUT2D eigenvalue weighted by molar-refractivity contribution is -0.470. The molecule has 0 N–H and O–H groups in total. The van der Waals surface area contributed by atoms with E-state index < -0.39 is 151 Å². The topological polar surface area (TPSA) is 9.23 Å².